The summed E-state index contributed by atoms with van der Waals surface area (Å²) in [4.78, 5) is 59.4. The number of unbranched alkanes of at least 4 members (excludes halogenated alkanes) is 5. The molecule has 3 amide bonds. The van der Waals surface area contributed by atoms with Crippen molar-refractivity contribution in [1.29, 1.82) is 0 Å². The molecule has 4 aliphatic rings. The number of nitrogens with one attached hydrogen (secondary N) is 3. The summed E-state index contributed by atoms with van der Waals surface area (Å²) in [5, 5.41) is 20.4. The lowest BCUT2D eigenvalue weighted by molar-refractivity contribution is -0.130. The van der Waals surface area contributed by atoms with Crippen LogP contribution in [0.25, 0.3) is 43.4 Å². The van der Waals surface area contributed by atoms with Crippen LogP contribution in [0.1, 0.15) is 102 Å². The molecule has 2 radical (unpaired) electrons. The molecule has 82 heavy (non-hydrogen) atoms. The maximum atomic E-state index is 16.8. The van der Waals surface area contributed by atoms with E-state index in [4.69, 9.17) is 24.0 Å². The molecule has 4 saturated heterocycles. The van der Waals surface area contributed by atoms with Crippen LogP contribution >= 0.6 is 11.3 Å². The quantitative estimate of drug-likeness (QED) is 0.0246. The van der Waals surface area contributed by atoms with Gasteiger partial charge in [0.2, 0.25) is 18.7 Å². The van der Waals surface area contributed by atoms with Gasteiger partial charge < -0.3 is 40.5 Å². The molecule has 3 unspecified atom stereocenters. The Bertz CT molecular complexity index is 3070. The second-order valence-electron chi connectivity index (χ2n) is 22.1. The van der Waals surface area contributed by atoms with Gasteiger partial charge in [0.1, 0.15) is 35.2 Å². The maximum absolute atomic E-state index is 16.8. The highest BCUT2D eigenvalue weighted by Crippen LogP contribution is 2.39. The van der Waals surface area contributed by atoms with Crippen molar-refractivity contribution in [3.63, 3.8) is 0 Å². The topological polar surface area (TPSA) is 181 Å². The van der Waals surface area contributed by atoms with Crippen LogP contribution in [0.2, 0.25) is 5.82 Å². The van der Waals surface area contributed by atoms with Crippen molar-refractivity contribution in [2.45, 2.75) is 117 Å². The third kappa shape index (κ3) is 17.6. The molecule has 3 aromatic heterocycles. The number of pyridine rings is 1. The molecule has 4 N–H and O–H groups in total. The summed E-state index contributed by atoms with van der Waals surface area (Å²) in [5.74, 6) is 2.42. The highest BCUT2D eigenvalue weighted by molar-refractivity contribution is 7.13. The third-order valence-corrected chi connectivity index (χ3v) is 15.8. The summed E-state index contributed by atoms with van der Waals surface area (Å²) in [6, 6.07) is 14.5. The maximum Gasteiger partial charge on any atom is 0.319 e. The first-order chi connectivity index (χ1) is 39.7. The lowest BCUT2D eigenvalue weighted by atomic mass is 9.87. The molecule has 0 spiro atoms. The van der Waals surface area contributed by atoms with Crippen molar-refractivity contribution < 1.29 is 33.0 Å². The van der Waals surface area contributed by atoms with Crippen LogP contribution in [-0.4, -0.2) is 157 Å². The van der Waals surface area contributed by atoms with E-state index in [1.54, 1.807) is 22.4 Å². The molecule has 6 aromatic rings. The number of benzene rings is 3. The van der Waals surface area contributed by atoms with E-state index < -0.39 is 11.6 Å². The Morgan fingerprint density at radius 2 is 1.59 bits per heavy atom. The van der Waals surface area contributed by atoms with Gasteiger partial charge in [0.15, 0.2) is 5.82 Å². The number of carbonyl (C=O) groups excluding carboxylic acids is 3. The molecule has 4 aliphatic heterocycles. The molecule has 0 saturated carbocycles. The fourth-order valence-electron chi connectivity index (χ4n) is 10.6. The number of hydrogen-bond acceptors (Lipinski definition) is 14. The van der Waals surface area contributed by atoms with E-state index >= 15 is 4.39 Å². The van der Waals surface area contributed by atoms with Crippen molar-refractivity contribution in [3.8, 4) is 45.8 Å². The number of nitrogens with zero attached hydrogens (tertiary/aromatic N) is 8. The van der Waals surface area contributed by atoms with Gasteiger partial charge in [-0.3, -0.25) is 24.3 Å². The van der Waals surface area contributed by atoms with Crippen LogP contribution in [0.5, 0.6) is 11.8 Å². The molecule has 436 valence electrons. The van der Waals surface area contributed by atoms with Crippen molar-refractivity contribution in [1.82, 2.24) is 50.6 Å². The molecule has 10 rings (SSSR count). The minimum absolute atomic E-state index is 0.0225. The Hall–Kier alpha value is -6.79. The number of piperazine rings is 2. The van der Waals surface area contributed by atoms with E-state index in [-0.39, 0.29) is 52.4 Å². The summed E-state index contributed by atoms with van der Waals surface area (Å²) in [5.41, 5.74) is 5.31. The summed E-state index contributed by atoms with van der Waals surface area (Å²) >= 11 is 1.64. The summed E-state index contributed by atoms with van der Waals surface area (Å²) in [6.07, 6.45) is 19.4. The van der Waals surface area contributed by atoms with Crippen LogP contribution in [0.3, 0.4) is 0 Å². The number of likely N-dealkylation sites (tertiary alicyclic amines) is 1. The van der Waals surface area contributed by atoms with Gasteiger partial charge in [0.25, 0.3) is 0 Å². The Kier molecular flexibility index (Phi) is 24.2. The number of fused-ring (bicyclic) bond motifs is 4. The Morgan fingerprint density at radius 1 is 0.902 bits per heavy atom. The number of rotatable bonds is 20. The number of terminal acetylenes is 1. The first kappa shape index (κ1) is 62.8. The fourth-order valence-corrected chi connectivity index (χ4v) is 11.4. The average Bonchev–Trinajstić information content (AvgIpc) is 3.70. The van der Waals surface area contributed by atoms with Crippen molar-refractivity contribution >= 4 is 65.4 Å². The van der Waals surface area contributed by atoms with E-state index in [9.17, 15) is 23.9 Å². The molecule has 3 aromatic carbocycles. The summed E-state index contributed by atoms with van der Waals surface area (Å²) in [7, 11) is 5.61. The van der Waals surface area contributed by atoms with Crippen LogP contribution in [0.15, 0.2) is 60.2 Å². The zero-order valence-corrected chi connectivity index (χ0v) is 49.1. The van der Waals surface area contributed by atoms with Gasteiger partial charge >= 0.3 is 6.01 Å². The molecule has 7 heterocycles. The number of anilines is 1. The van der Waals surface area contributed by atoms with Gasteiger partial charge in [-0.15, -0.1) is 17.8 Å². The number of ether oxygens (including phenoxy) is 1. The number of amides is 3. The van der Waals surface area contributed by atoms with E-state index in [0.29, 0.717) is 73.1 Å². The number of thiazole rings is 1. The largest absolute Gasteiger partial charge is 0.508 e. The Labute approximate surface area is 487 Å². The number of phenolic OH excluding ortho intramolecular Hbond substituents is 1. The monoisotopic (exact) mass is 1140 g/mol. The molecular formula is C62H80BF2N11O5S. The first-order valence-electron chi connectivity index (χ1n) is 28.9. The molecule has 20 heteroatoms. The Balaban J connectivity index is 0.000000244. The van der Waals surface area contributed by atoms with Gasteiger partial charge in [-0.2, -0.15) is 9.97 Å². The molecule has 3 atom stereocenters. The third-order valence-electron chi connectivity index (χ3n) is 14.8. The normalized spacial score (nSPS) is 17.7. The van der Waals surface area contributed by atoms with Gasteiger partial charge in [-0.05, 0) is 79.8 Å². The van der Waals surface area contributed by atoms with Crippen molar-refractivity contribution in [2.75, 3.05) is 83.5 Å². The van der Waals surface area contributed by atoms with E-state index in [1.165, 1.54) is 73.2 Å². The SMILES string of the molecule is C#Cc1c(F)ccc2cc(O)cc(-c3ncc4c(N5CC6CCC(C5)N6)nc(OCCN5CCN(CCCCCCCC)CC5)nc4c3F)c12.CC(C)C.Cc1ncsc1-c1ccc(CNC=O)cc1.[B]C1CCN(C(=O)CNC=O)C1. The average molecular weight is 1140 g/mol. The van der Waals surface area contributed by atoms with E-state index in [2.05, 4.69) is 91.4 Å². The molecule has 4 fully saturated rings. The fraction of sp³-hybridized carbons (Fsp3) is 0.500. The van der Waals surface area contributed by atoms with Crippen LogP contribution in [-0.2, 0) is 20.9 Å². The summed E-state index contributed by atoms with van der Waals surface area (Å²) in [6.45, 7) is 20.5. The summed E-state index contributed by atoms with van der Waals surface area (Å²) < 4.78 is 37.8. The first-order valence-corrected chi connectivity index (χ1v) is 29.8. The highest BCUT2D eigenvalue weighted by atomic mass is 32.1. The minimum Gasteiger partial charge on any atom is -0.508 e. The second-order valence-corrected chi connectivity index (χ2v) is 23.0. The molecule has 16 nitrogen and oxygen atoms in total. The predicted molar refractivity (Wildman–Crippen MR) is 324 cm³/mol. The van der Waals surface area contributed by atoms with Crippen molar-refractivity contribution in [2.24, 2.45) is 5.92 Å². The number of carbonyl (C=O) groups is 3. The molecule has 0 aliphatic carbocycles. The predicted octanol–water partition coefficient (Wildman–Crippen LogP) is 9.06. The van der Waals surface area contributed by atoms with Crippen LogP contribution in [0, 0.1) is 36.8 Å². The van der Waals surface area contributed by atoms with Crippen LogP contribution < -0.4 is 25.6 Å². The van der Waals surface area contributed by atoms with Gasteiger partial charge in [0.05, 0.1) is 41.4 Å². The lowest BCUT2D eigenvalue weighted by Gasteiger charge is -2.35. The van der Waals surface area contributed by atoms with Crippen LogP contribution in [0.4, 0.5) is 14.6 Å². The standard InChI is InChI=1S/C39H47F2N7O2.C12H12N2OS.C7H11BN2O2.C4H10/c1-3-5-6-7-8-9-14-46-15-17-47(18-16-46)19-20-50-39-44-37-32(38(45-39)48-24-27-11-12-28(25-48)43-27)23-42-36(35(37)41)31-22-29(49)21-26-10-13-33(40)30(4-2)34(26)31;1-9-12(16-8-14-9)11-4-2-10(3-5-11)6-13-7-15;8-6-1-2-10(4-6)7(12)3-9-5-11;1-4(2)3/h2,10,13,21-23,27-28,43,49H,3,5-9,11-12,14-20,24-25H2,1H3;2-5,7-8H,6H2,1H3,(H,13,15);5-6H,1-4H2,(H,9,11);4H,1-3H3. The lowest BCUT2D eigenvalue weighted by Crippen LogP contribution is -2.51. The number of phenols is 1. The van der Waals surface area contributed by atoms with E-state index in [0.717, 1.165) is 88.8 Å². The van der Waals surface area contributed by atoms with Crippen molar-refractivity contribution in [3.05, 3.63) is 88.7 Å². The molecular weight excluding hydrogens is 1060 g/mol. The number of aryl methyl sites for hydroxylation is 1. The zero-order valence-electron chi connectivity index (χ0n) is 48.3. The van der Waals surface area contributed by atoms with Gasteiger partial charge in [0, 0.05) is 94.7 Å². The highest BCUT2D eigenvalue weighted by Gasteiger charge is 2.34. The van der Waals surface area contributed by atoms with E-state index in [1.807, 2.05) is 24.6 Å². The Morgan fingerprint density at radius 3 is 2.22 bits per heavy atom. The minimum atomic E-state index is -0.713. The zero-order chi connectivity index (χ0) is 58.5. The molecule has 2 bridgehead atoms. The smallest absolute Gasteiger partial charge is 0.319 e. The van der Waals surface area contributed by atoms with Gasteiger partial charge in [-0.1, -0.05) is 102 Å². The van der Waals surface area contributed by atoms with Gasteiger partial charge in [-0.25, -0.2) is 13.8 Å². The number of hydrogen-bond donors (Lipinski definition) is 4. The number of aromatic hydroxyl groups is 1. The number of aromatic nitrogens is 4. The number of halogens is 2. The second kappa shape index (κ2) is 31.6.